The minimum atomic E-state index is -3.35. The second-order valence-electron chi connectivity index (χ2n) is 4.07. The number of anilines is 1. The van der Waals surface area contributed by atoms with E-state index < -0.39 is 13.4 Å². The van der Waals surface area contributed by atoms with Crippen molar-refractivity contribution in [3.8, 4) is 0 Å². The van der Waals surface area contributed by atoms with Crippen LogP contribution >= 0.6 is 7.60 Å². The van der Waals surface area contributed by atoms with E-state index in [4.69, 9.17) is 9.05 Å². The molecule has 0 saturated heterocycles. The summed E-state index contributed by atoms with van der Waals surface area (Å²) in [6.07, 6.45) is 1.64. The zero-order valence-electron chi connectivity index (χ0n) is 11.4. The molecule has 6 heteroatoms. The van der Waals surface area contributed by atoms with Crippen molar-refractivity contribution >= 4 is 13.3 Å². The van der Waals surface area contributed by atoms with E-state index in [1.165, 1.54) is 14.2 Å². The summed E-state index contributed by atoms with van der Waals surface area (Å²) < 4.78 is 22.9. The van der Waals surface area contributed by atoms with Crippen LogP contribution in [0, 0.1) is 0 Å². The molecule has 106 valence electrons. The predicted octanol–water partition coefficient (Wildman–Crippen LogP) is 3.68. The molecule has 0 bridgehead atoms. The summed E-state index contributed by atoms with van der Waals surface area (Å²) in [5.74, 6) is -0.666. The summed E-state index contributed by atoms with van der Waals surface area (Å²) in [5.41, 5.74) is 1.42. The van der Waals surface area contributed by atoms with E-state index in [0.717, 1.165) is 5.69 Å². The van der Waals surface area contributed by atoms with Gasteiger partial charge in [-0.2, -0.15) is 0 Å². The first-order chi connectivity index (χ1) is 9.69. The molecule has 0 amide bonds. The molecule has 1 N–H and O–H groups in total. The fourth-order valence-electron chi connectivity index (χ4n) is 1.83. The van der Waals surface area contributed by atoms with Crippen molar-refractivity contribution in [2.75, 3.05) is 19.5 Å². The Morgan fingerprint density at radius 3 is 2.25 bits per heavy atom. The van der Waals surface area contributed by atoms with Crippen LogP contribution in [-0.2, 0) is 13.6 Å². The first-order valence-corrected chi connectivity index (χ1v) is 7.74. The Hall–Kier alpha value is -1.68. The van der Waals surface area contributed by atoms with E-state index >= 15 is 0 Å². The van der Waals surface area contributed by atoms with Crippen LogP contribution in [-0.4, -0.2) is 19.2 Å². The third-order valence-electron chi connectivity index (χ3n) is 2.87. The lowest BCUT2D eigenvalue weighted by molar-refractivity contribution is 0.268. The van der Waals surface area contributed by atoms with E-state index in [1.54, 1.807) is 18.3 Å². The van der Waals surface area contributed by atoms with Gasteiger partial charge in [0.15, 0.2) is 5.78 Å². The molecule has 0 aliphatic carbocycles. The van der Waals surface area contributed by atoms with Gasteiger partial charge in [-0.3, -0.25) is 9.55 Å². The summed E-state index contributed by atoms with van der Waals surface area (Å²) in [6.45, 7) is 0. The molecular weight excluding hydrogens is 275 g/mol. The first-order valence-electron chi connectivity index (χ1n) is 6.13. The molecule has 0 spiro atoms. The molecule has 0 saturated carbocycles. The Kier molecular flexibility index (Phi) is 4.90. The molecule has 1 atom stereocenters. The van der Waals surface area contributed by atoms with Crippen LogP contribution < -0.4 is 5.32 Å². The number of aromatic nitrogens is 1. The van der Waals surface area contributed by atoms with Crippen LogP contribution in [0.2, 0.25) is 0 Å². The van der Waals surface area contributed by atoms with Gasteiger partial charge in [0.05, 0.1) is 5.69 Å². The van der Waals surface area contributed by atoms with Gasteiger partial charge in [-0.1, -0.05) is 24.3 Å². The number of nitrogens with one attached hydrogen (secondary N) is 1. The van der Waals surface area contributed by atoms with E-state index in [1.807, 2.05) is 36.4 Å². The number of para-hydroxylation sites is 1. The average molecular weight is 292 g/mol. The molecule has 1 heterocycles. The lowest BCUT2D eigenvalue weighted by Crippen LogP contribution is -2.14. The van der Waals surface area contributed by atoms with Gasteiger partial charge in [0, 0.05) is 26.1 Å². The maximum absolute atomic E-state index is 12.7. The van der Waals surface area contributed by atoms with Gasteiger partial charge in [0.1, 0.15) is 0 Å². The van der Waals surface area contributed by atoms with Crippen molar-refractivity contribution in [1.29, 1.82) is 0 Å². The van der Waals surface area contributed by atoms with Crippen LogP contribution in [0.4, 0.5) is 5.69 Å². The van der Waals surface area contributed by atoms with Crippen LogP contribution in [0.5, 0.6) is 0 Å². The first kappa shape index (κ1) is 14.7. The molecule has 1 unspecified atom stereocenters. The van der Waals surface area contributed by atoms with Gasteiger partial charge >= 0.3 is 7.60 Å². The highest BCUT2D eigenvalue weighted by Gasteiger charge is 2.36. The SMILES string of the molecule is COP(=O)(OC)C(Nc1ccccc1)c1ccccn1. The minimum Gasteiger partial charge on any atom is -0.367 e. The van der Waals surface area contributed by atoms with Gasteiger partial charge in [0.25, 0.3) is 0 Å². The maximum atomic E-state index is 12.7. The molecule has 2 aromatic rings. The van der Waals surface area contributed by atoms with Gasteiger partial charge in [-0.15, -0.1) is 0 Å². The summed E-state index contributed by atoms with van der Waals surface area (Å²) >= 11 is 0. The zero-order chi connectivity index (χ0) is 14.4. The highest BCUT2D eigenvalue weighted by Crippen LogP contribution is 2.59. The second kappa shape index (κ2) is 6.66. The number of hydrogen-bond donors (Lipinski definition) is 1. The topological polar surface area (TPSA) is 60.5 Å². The fourth-order valence-corrected chi connectivity index (χ4v) is 3.18. The number of nitrogens with zero attached hydrogens (tertiary/aromatic N) is 1. The van der Waals surface area contributed by atoms with Crippen LogP contribution in [0.3, 0.4) is 0 Å². The summed E-state index contributed by atoms with van der Waals surface area (Å²) in [5, 5.41) is 3.16. The zero-order valence-corrected chi connectivity index (χ0v) is 12.3. The summed E-state index contributed by atoms with van der Waals surface area (Å²) in [7, 11) is -0.616. The number of benzene rings is 1. The normalized spacial score (nSPS) is 12.9. The minimum absolute atomic E-state index is 0.600. The van der Waals surface area contributed by atoms with E-state index in [-0.39, 0.29) is 0 Å². The maximum Gasteiger partial charge on any atom is 0.358 e. The van der Waals surface area contributed by atoms with Gasteiger partial charge in [0.2, 0.25) is 0 Å². The molecule has 0 fully saturated rings. The quantitative estimate of drug-likeness (QED) is 0.823. The van der Waals surface area contributed by atoms with Crippen molar-refractivity contribution in [2.45, 2.75) is 5.78 Å². The van der Waals surface area contributed by atoms with Crippen LogP contribution in [0.15, 0.2) is 54.7 Å². The van der Waals surface area contributed by atoms with Crippen LogP contribution in [0.1, 0.15) is 11.5 Å². The number of hydrogen-bond acceptors (Lipinski definition) is 5. The summed E-state index contributed by atoms with van der Waals surface area (Å²) in [6, 6.07) is 14.9. The van der Waals surface area contributed by atoms with Crippen molar-refractivity contribution in [2.24, 2.45) is 0 Å². The van der Waals surface area contributed by atoms with Crippen molar-refractivity contribution in [3.05, 3.63) is 60.4 Å². The Labute approximate surface area is 118 Å². The molecule has 20 heavy (non-hydrogen) atoms. The van der Waals surface area contributed by atoms with Crippen molar-refractivity contribution < 1.29 is 13.6 Å². The van der Waals surface area contributed by atoms with Crippen molar-refractivity contribution in [1.82, 2.24) is 4.98 Å². The second-order valence-corrected chi connectivity index (χ2v) is 6.40. The van der Waals surface area contributed by atoms with E-state index in [2.05, 4.69) is 10.3 Å². The lowest BCUT2D eigenvalue weighted by Gasteiger charge is -2.25. The highest BCUT2D eigenvalue weighted by molar-refractivity contribution is 7.54. The summed E-state index contributed by atoms with van der Waals surface area (Å²) in [4.78, 5) is 4.24. The highest BCUT2D eigenvalue weighted by atomic mass is 31.2. The van der Waals surface area contributed by atoms with Gasteiger partial charge in [-0.05, 0) is 24.3 Å². The molecule has 1 aromatic carbocycles. The molecular formula is C14H17N2O3P. The molecule has 5 nitrogen and oxygen atoms in total. The van der Waals surface area contributed by atoms with E-state index in [0.29, 0.717) is 5.69 Å². The Morgan fingerprint density at radius 1 is 1.05 bits per heavy atom. The predicted molar refractivity (Wildman–Crippen MR) is 78.7 cm³/mol. The van der Waals surface area contributed by atoms with Gasteiger partial charge in [-0.25, -0.2) is 0 Å². The molecule has 0 aliphatic rings. The standard InChI is InChI=1S/C14H17N2O3P/c1-18-20(17,19-2)14(13-10-6-7-11-15-13)16-12-8-4-3-5-9-12/h3-11,14,16H,1-2H3. The number of pyridine rings is 1. The third kappa shape index (κ3) is 3.25. The third-order valence-corrected chi connectivity index (χ3v) is 4.91. The van der Waals surface area contributed by atoms with Crippen molar-refractivity contribution in [3.63, 3.8) is 0 Å². The number of rotatable bonds is 6. The Morgan fingerprint density at radius 2 is 1.70 bits per heavy atom. The fraction of sp³-hybridized carbons (Fsp3) is 0.214. The monoisotopic (exact) mass is 292 g/mol. The lowest BCUT2D eigenvalue weighted by atomic mass is 10.3. The Balaban J connectivity index is 2.37. The largest absolute Gasteiger partial charge is 0.367 e. The van der Waals surface area contributed by atoms with E-state index in [9.17, 15) is 4.57 Å². The average Bonchev–Trinajstić information content (AvgIpc) is 2.54. The Bertz CT molecular complexity index is 569. The smallest absolute Gasteiger partial charge is 0.358 e. The van der Waals surface area contributed by atoms with Crippen LogP contribution in [0.25, 0.3) is 0 Å². The van der Waals surface area contributed by atoms with Gasteiger partial charge < -0.3 is 14.4 Å². The molecule has 1 aromatic heterocycles. The molecule has 0 aliphatic heterocycles. The molecule has 0 radical (unpaired) electrons. The molecule has 2 rings (SSSR count).